The van der Waals surface area contributed by atoms with Crippen LogP contribution in [-0.4, -0.2) is 0 Å². The first-order chi connectivity index (χ1) is 8.54. The molecule has 2 rings (SSSR count). The van der Waals surface area contributed by atoms with E-state index >= 15 is 0 Å². The molecule has 0 fully saturated rings. The van der Waals surface area contributed by atoms with E-state index in [1.54, 1.807) is 12.1 Å². The molecular formula is C13H9Cl2F2N. The molecule has 94 valence electrons. The van der Waals surface area contributed by atoms with E-state index in [2.05, 4.69) is 0 Å². The van der Waals surface area contributed by atoms with Crippen LogP contribution in [-0.2, 0) is 6.54 Å². The summed E-state index contributed by atoms with van der Waals surface area (Å²) in [4.78, 5) is 0. The summed E-state index contributed by atoms with van der Waals surface area (Å²) in [6.07, 6.45) is 0. The van der Waals surface area contributed by atoms with Crippen molar-refractivity contribution in [3.8, 4) is 11.1 Å². The Morgan fingerprint density at radius 3 is 2.28 bits per heavy atom. The van der Waals surface area contributed by atoms with Crippen LogP contribution in [0.1, 0.15) is 5.56 Å². The molecule has 0 aromatic heterocycles. The molecule has 0 amide bonds. The topological polar surface area (TPSA) is 26.0 Å². The van der Waals surface area contributed by atoms with E-state index < -0.39 is 11.6 Å². The minimum absolute atomic E-state index is 0.147. The summed E-state index contributed by atoms with van der Waals surface area (Å²) in [5.74, 6) is -1.32. The summed E-state index contributed by atoms with van der Waals surface area (Å²) in [6.45, 7) is 0.147. The Morgan fingerprint density at radius 1 is 1.00 bits per heavy atom. The van der Waals surface area contributed by atoms with Crippen LogP contribution in [0.4, 0.5) is 8.78 Å². The molecule has 2 aromatic carbocycles. The molecule has 1 nitrogen and oxygen atoms in total. The molecule has 0 saturated carbocycles. The van der Waals surface area contributed by atoms with Crippen molar-refractivity contribution in [2.75, 3.05) is 0 Å². The van der Waals surface area contributed by atoms with Gasteiger partial charge in [-0.15, -0.1) is 0 Å². The fraction of sp³-hybridized carbons (Fsp3) is 0.0769. The third kappa shape index (κ3) is 2.34. The van der Waals surface area contributed by atoms with Gasteiger partial charge in [0.05, 0.1) is 5.02 Å². The maximum absolute atomic E-state index is 13.7. The van der Waals surface area contributed by atoms with Gasteiger partial charge in [0.2, 0.25) is 0 Å². The highest BCUT2D eigenvalue weighted by atomic mass is 35.5. The number of rotatable bonds is 2. The molecule has 0 unspecified atom stereocenters. The van der Waals surface area contributed by atoms with Crippen molar-refractivity contribution in [1.82, 2.24) is 0 Å². The Balaban J connectivity index is 2.64. The maximum atomic E-state index is 13.7. The van der Waals surface area contributed by atoms with Crippen molar-refractivity contribution in [3.63, 3.8) is 0 Å². The van der Waals surface area contributed by atoms with Crippen LogP contribution in [0.25, 0.3) is 11.1 Å². The Morgan fingerprint density at radius 2 is 1.67 bits per heavy atom. The molecule has 2 N–H and O–H groups in total. The molecule has 0 aliphatic heterocycles. The van der Waals surface area contributed by atoms with Gasteiger partial charge in [-0.2, -0.15) is 0 Å². The maximum Gasteiger partial charge on any atom is 0.133 e. The number of benzene rings is 2. The molecule has 0 spiro atoms. The molecule has 0 bridgehead atoms. The van der Waals surface area contributed by atoms with Crippen molar-refractivity contribution >= 4 is 23.2 Å². The lowest BCUT2D eigenvalue weighted by Gasteiger charge is -2.11. The van der Waals surface area contributed by atoms with E-state index in [0.29, 0.717) is 16.1 Å². The van der Waals surface area contributed by atoms with Gasteiger partial charge in [-0.25, -0.2) is 8.78 Å². The summed E-state index contributed by atoms with van der Waals surface area (Å²) < 4.78 is 26.5. The normalized spacial score (nSPS) is 10.7. The minimum Gasteiger partial charge on any atom is -0.326 e. The standard InChI is InChI=1S/C13H9Cl2F2N/c14-11-4-3-9(13(15)10(11)6-18)8-2-1-7(16)5-12(8)17/h1-5H,6,18H2. The zero-order valence-electron chi connectivity index (χ0n) is 9.18. The monoisotopic (exact) mass is 287 g/mol. The summed E-state index contributed by atoms with van der Waals surface area (Å²) in [5, 5.41) is 0.712. The lowest BCUT2D eigenvalue weighted by Crippen LogP contribution is -2.00. The number of nitrogens with two attached hydrogens (primary N) is 1. The van der Waals surface area contributed by atoms with Crippen LogP contribution in [0.5, 0.6) is 0 Å². The lowest BCUT2D eigenvalue weighted by molar-refractivity contribution is 0.585. The number of halogens is 4. The van der Waals surface area contributed by atoms with Crippen molar-refractivity contribution in [2.45, 2.75) is 6.54 Å². The van der Waals surface area contributed by atoms with Crippen LogP contribution in [0.2, 0.25) is 10.0 Å². The van der Waals surface area contributed by atoms with Gasteiger partial charge in [0.1, 0.15) is 11.6 Å². The Hall–Kier alpha value is -1.16. The fourth-order valence-electron chi connectivity index (χ4n) is 1.70. The minimum atomic E-state index is -0.679. The van der Waals surface area contributed by atoms with Crippen LogP contribution >= 0.6 is 23.2 Å². The molecule has 0 radical (unpaired) electrons. The zero-order chi connectivity index (χ0) is 13.3. The molecule has 2 aromatic rings. The molecular weight excluding hydrogens is 279 g/mol. The van der Waals surface area contributed by atoms with Crippen LogP contribution in [0, 0.1) is 11.6 Å². The average Bonchev–Trinajstić information content (AvgIpc) is 2.31. The van der Waals surface area contributed by atoms with E-state index in [-0.39, 0.29) is 17.1 Å². The predicted molar refractivity (Wildman–Crippen MR) is 69.7 cm³/mol. The molecule has 18 heavy (non-hydrogen) atoms. The highest BCUT2D eigenvalue weighted by molar-refractivity contribution is 6.37. The Kier molecular flexibility index (Phi) is 3.85. The third-order valence-corrected chi connectivity index (χ3v) is 3.40. The third-order valence-electron chi connectivity index (χ3n) is 2.61. The van der Waals surface area contributed by atoms with Gasteiger partial charge in [-0.1, -0.05) is 29.3 Å². The summed E-state index contributed by atoms with van der Waals surface area (Å²) in [7, 11) is 0. The number of hydrogen-bond donors (Lipinski definition) is 1. The molecule has 5 heteroatoms. The SMILES string of the molecule is NCc1c(Cl)ccc(-c2ccc(F)cc2F)c1Cl. The Bertz CT molecular complexity index is 600. The van der Waals surface area contributed by atoms with Crippen LogP contribution < -0.4 is 5.73 Å². The van der Waals surface area contributed by atoms with Crippen molar-refractivity contribution in [3.05, 3.63) is 57.6 Å². The van der Waals surface area contributed by atoms with E-state index in [0.717, 1.165) is 6.07 Å². The lowest BCUT2D eigenvalue weighted by atomic mass is 10.0. The van der Waals surface area contributed by atoms with Crippen molar-refractivity contribution in [1.29, 1.82) is 0 Å². The first-order valence-electron chi connectivity index (χ1n) is 5.17. The molecule has 0 saturated heterocycles. The predicted octanol–water partition coefficient (Wildman–Crippen LogP) is 4.40. The highest BCUT2D eigenvalue weighted by Crippen LogP contribution is 2.35. The Labute approximate surface area is 113 Å². The highest BCUT2D eigenvalue weighted by Gasteiger charge is 2.14. The van der Waals surface area contributed by atoms with Gasteiger partial charge in [-0.05, 0) is 18.2 Å². The second-order valence-electron chi connectivity index (χ2n) is 3.72. The van der Waals surface area contributed by atoms with E-state index in [1.165, 1.54) is 12.1 Å². The summed E-state index contributed by atoms with van der Waals surface area (Å²) >= 11 is 12.1. The van der Waals surface area contributed by atoms with E-state index in [9.17, 15) is 8.78 Å². The second kappa shape index (κ2) is 5.22. The average molecular weight is 288 g/mol. The fourth-order valence-corrected chi connectivity index (χ4v) is 2.33. The first kappa shape index (κ1) is 13.3. The van der Waals surface area contributed by atoms with Gasteiger partial charge in [-0.3, -0.25) is 0 Å². The van der Waals surface area contributed by atoms with Gasteiger partial charge >= 0.3 is 0 Å². The van der Waals surface area contributed by atoms with E-state index in [4.69, 9.17) is 28.9 Å². The first-order valence-corrected chi connectivity index (χ1v) is 5.92. The quantitative estimate of drug-likeness (QED) is 0.871. The molecule has 0 heterocycles. The second-order valence-corrected chi connectivity index (χ2v) is 4.50. The van der Waals surface area contributed by atoms with Gasteiger partial charge in [0.25, 0.3) is 0 Å². The molecule has 0 atom stereocenters. The van der Waals surface area contributed by atoms with Crippen LogP contribution in [0.3, 0.4) is 0 Å². The number of hydrogen-bond acceptors (Lipinski definition) is 1. The van der Waals surface area contributed by atoms with Gasteiger partial charge < -0.3 is 5.73 Å². The summed E-state index contributed by atoms with van der Waals surface area (Å²) in [6, 6.07) is 6.49. The van der Waals surface area contributed by atoms with Crippen molar-refractivity contribution < 1.29 is 8.78 Å². The van der Waals surface area contributed by atoms with Crippen LogP contribution in [0.15, 0.2) is 30.3 Å². The van der Waals surface area contributed by atoms with E-state index in [1.807, 2.05) is 0 Å². The van der Waals surface area contributed by atoms with Gasteiger partial charge in [0.15, 0.2) is 0 Å². The smallest absolute Gasteiger partial charge is 0.133 e. The largest absolute Gasteiger partial charge is 0.326 e. The van der Waals surface area contributed by atoms with Crippen molar-refractivity contribution in [2.24, 2.45) is 5.73 Å². The zero-order valence-corrected chi connectivity index (χ0v) is 10.7. The molecule has 0 aliphatic carbocycles. The van der Waals surface area contributed by atoms with Gasteiger partial charge in [0, 0.05) is 34.3 Å². The summed E-state index contributed by atoms with van der Waals surface area (Å²) in [5.41, 5.74) is 6.74. The molecule has 0 aliphatic rings.